The van der Waals surface area contributed by atoms with Crippen molar-refractivity contribution in [2.45, 2.75) is 57.3 Å². The second-order valence-corrected chi connectivity index (χ2v) is 5.81. The van der Waals surface area contributed by atoms with Crippen molar-refractivity contribution in [2.24, 2.45) is 5.73 Å². The van der Waals surface area contributed by atoms with Crippen LogP contribution in [0.15, 0.2) is 18.2 Å². The Morgan fingerprint density at radius 3 is 2.29 bits per heavy atom. The van der Waals surface area contributed by atoms with E-state index in [1.165, 1.54) is 18.9 Å². The molecule has 1 aliphatic rings. The van der Waals surface area contributed by atoms with Crippen LogP contribution in [-0.4, -0.2) is 13.1 Å². The van der Waals surface area contributed by atoms with E-state index < -0.39 is 11.7 Å². The average molecular weight is 300 g/mol. The molecule has 1 aromatic rings. The Balaban J connectivity index is 2.32. The van der Waals surface area contributed by atoms with Gasteiger partial charge in [-0.3, -0.25) is 0 Å². The molecule has 21 heavy (non-hydrogen) atoms. The standard InChI is InChI=1S/C16H23F3N2/c1-21(13-6-4-2-3-5-7-13)15-9-8-12(11-20)10-14(15)16(17,18)19/h8-10,13H,2-7,11,20H2,1H3. The van der Waals surface area contributed by atoms with Crippen molar-refractivity contribution in [3.8, 4) is 0 Å². The minimum absolute atomic E-state index is 0.122. The molecule has 0 saturated heterocycles. The number of hydrogen-bond donors (Lipinski definition) is 1. The largest absolute Gasteiger partial charge is 0.418 e. The van der Waals surface area contributed by atoms with E-state index in [9.17, 15) is 13.2 Å². The maximum Gasteiger partial charge on any atom is 0.418 e. The first-order valence-electron chi connectivity index (χ1n) is 7.56. The van der Waals surface area contributed by atoms with Crippen molar-refractivity contribution in [3.63, 3.8) is 0 Å². The van der Waals surface area contributed by atoms with Crippen LogP contribution in [0.25, 0.3) is 0 Å². The van der Waals surface area contributed by atoms with Gasteiger partial charge in [-0.1, -0.05) is 31.7 Å². The topological polar surface area (TPSA) is 29.3 Å². The third kappa shape index (κ3) is 3.90. The Kier molecular flexibility index (Phi) is 5.14. The summed E-state index contributed by atoms with van der Waals surface area (Å²) in [7, 11) is 1.78. The van der Waals surface area contributed by atoms with Gasteiger partial charge in [0, 0.05) is 25.3 Å². The molecule has 2 nitrogen and oxygen atoms in total. The molecular formula is C16H23F3N2. The van der Waals surface area contributed by atoms with Gasteiger partial charge in [0.1, 0.15) is 0 Å². The van der Waals surface area contributed by atoms with Gasteiger partial charge in [-0.25, -0.2) is 0 Å². The molecule has 0 bridgehead atoms. The fourth-order valence-electron chi connectivity index (χ4n) is 3.09. The Morgan fingerprint density at radius 2 is 1.76 bits per heavy atom. The van der Waals surface area contributed by atoms with Gasteiger partial charge in [0.25, 0.3) is 0 Å². The summed E-state index contributed by atoms with van der Waals surface area (Å²) < 4.78 is 39.9. The van der Waals surface area contributed by atoms with E-state index in [2.05, 4.69) is 0 Å². The van der Waals surface area contributed by atoms with Crippen LogP contribution in [0.4, 0.5) is 18.9 Å². The van der Waals surface area contributed by atoms with Crippen LogP contribution in [0.5, 0.6) is 0 Å². The molecule has 0 aromatic heterocycles. The molecule has 0 spiro atoms. The summed E-state index contributed by atoms with van der Waals surface area (Å²) in [6.07, 6.45) is 2.14. The van der Waals surface area contributed by atoms with E-state index in [1.807, 2.05) is 4.90 Å². The maximum absolute atomic E-state index is 13.3. The smallest absolute Gasteiger partial charge is 0.371 e. The monoisotopic (exact) mass is 300 g/mol. The van der Waals surface area contributed by atoms with Gasteiger partial charge in [-0.15, -0.1) is 0 Å². The molecule has 1 saturated carbocycles. The van der Waals surface area contributed by atoms with Gasteiger partial charge in [-0.05, 0) is 30.5 Å². The molecule has 0 heterocycles. The number of nitrogens with zero attached hydrogens (tertiary/aromatic N) is 1. The predicted octanol–water partition coefficient (Wildman–Crippen LogP) is 4.32. The first-order valence-corrected chi connectivity index (χ1v) is 7.56. The zero-order valence-electron chi connectivity index (χ0n) is 12.4. The first kappa shape index (κ1) is 16.1. The summed E-state index contributed by atoms with van der Waals surface area (Å²) in [4.78, 5) is 1.81. The third-order valence-electron chi connectivity index (χ3n) is 4.35. The molecule has 1 aromatic carbocycles. The molecule has 118 valence electrons. The summed E-state index contributed by atoms with van der Waals surface area (Å²) in [5, 5.41) is 0. The third-order valence-corrected chi connectivity index (χ3v) is 4.35. The van der Waals surface area contributed by atoms with Crippen LogP contribution in [0, 0.1) is 0 Å². The Labute approximate surface area is 124 Å². The summed E-state index contributed by atoms with van der Waals surface area (Å²) >= 11 is 0. The van der Waals surface area contributed by atoms with E-state index in [0.717, 1.165) is 25.7 Å². The Bertz CT molecular complexity index is 463. The molecule has 0 atom stereocenters. The fraction of sp³-hybridized carbons (Fsp3) is 0.625. The zero-order chi connectivity index (χ0) is 15.5. The van der Waals surface area contributed by atoms with E-state index in [-0.39, 0.29) is 18.3 Å². The Hall–Kier alpha value is -1.23. The molecule has 1 fully saturated rings. The van der Waals surface area contributed by atoms with Crippen molar-refractivity contribution < 1.29 is 13.2 Å². The summed E-state index contributed by atoms with van der Waals surface area (Å²) in [6.45, 7) is 0.122. The molecule has 1 aliphatic carbocycles. The second kappa shape index (κ2) is 6.69. The predicted molar refractivity (Wildman–Crippen MR) is 79.2 cm³/mol. The van der Waals surface area contributed by atoms with Gasteiger partial charge in [0.05, 0.1) is 5.56 Å². The van der Waals surface area contributed by atoms with E-state index in [0.29, 0.717) is 5.56 Å². The average Bonchev–Trinajstić information content (AvgIpc) is 2.74. The van der Waals surface area contributed by atoms with Crippen molar-refractivity contribution in [1.82, 2.24) is 0 Å². The van der Waals surface area contributed by atoms with Gasteiger partial charge in [0.2, 0.25) is 0 Å². The van der Waals surface area contributed by atoms with Gasteiger partial charge in [-0.2, -0.15) is 13.2 Å². The zero-order valence-corrected chi connectivity index (χ0v) is 12.4. The highest BCUT2D eigenvalue weighted by Gasteiger charge is 2.35. The highest BCUT2D eigenvalue weighted by molar-refractivity contribution is 5.56. The van der Waals surface area contributed by atoms with Gasteiger partial charge < -0.3 is 10.6 Å². The number of benzene rings is 1. The van der Waals surface area contributed by atoms with Crippen molar-refractivity contribution in [1.29, 1.82) is 0 Å². The van der Waals surface area contributed by atoms with Crippen LogP contribution in [0.2, 0.25) is 0 Å². The number of anilines is 1. The number of rotatable bonds is 3. The van der Waals surface area contributed by atoms with E-state index in [1.54, 1.807) is 19.2 Å². The second-order valence-electron chi connectivity index (χ2n) is 5.81. The molecule has 0 radical (unpaired) electrons. The molecule has 2 rings (SSSR count). The highest BCUT2D eigenvalue weighted by atomic mass is 19.4. The molecule has 0 unspecified atom stereocenters. The van der Waals surface area contributed by atoms with Gasteiger partial charge >= 0.3 is 6.18 Å². The lowest BCUT2D eigenvalue weighted by Gasteiger charge is -2.31. The summed E-state index contributed by atoms with van der Waals surface area (Å²) in [6, 6.07) is 4.63. The van der Waals surface area contributed by atoms with Crippen molar-refractivity contribution in [2.75, 3.05) is 11.9 Å². The minimum atomic E-state index is -4.35. The van der Waals surface area contributed by atoms with E-state index in [4.69, 9.17) is 5.73 Å². The lowest BCUT2D eigenvalue weighted by molar-refractivity contribution is -0.137. The maximum atomic E-state index is 13.3. The van der Waals surface area contributed by atoms with Crippen LogP contribution >= 0.6 is 0 Å². The quantitative estimate of drug-likeness (QED) is 0.842. The van der Waals surface area contributed by atoms with Crippen LogP contribution < -0.4 is 10.6 Å². The fourth-order valence-corrected chi connectivity index (χ4v) is 3.09. The van der Waals surface area contributed by atoms with Crippen LogP contribution in [0.1, 0.15) is 49.7 Å². The molecule has 2 N–H and O–H groups in total. The highest BCUT2D eigenvalue weighted by Crippen LogP contribution is 2.38. The Morgan fingerprint density at radius 1 is 1.14 bits per heavy atom. The summed E-state index contributed by atoms with van der Waals surface area (Å²) in [5.41, 5.74) is 5.68. The lowest BCUT2D eigenvalue weighted by atomic mass is 10.0. The number of nitrogens with two attached hydrogens (primary N) is 1. The lowest BCUT2D eigenvalue weighted by Crippen LogP contribution is -2.32. The van der Waals surface area contributed by atoms with Crippen molar-refractivity contribution in [3.05, 3.63) is 29.3 Å². The van der Waals surface area contributed by atoms with Crippen LogP contribution in [0.3, 0.4) is 0 Å². The van der Waals surface area contributed by atoms with Crippen LogP contribution in [-0.2, 0) is 12.7 Å². The summed E-state index contributed by atoms with van der Waals surface area (Å²) in [5.74, 6) is 0. The normalized spacial score (nSPS) is 17.6. The molecule has 5 heteroatoms. The first-order chi connectivity index (χ1) is 9.93. The SMILES string of the molecule is CN(c1ccc(CN)cc1C(F)(F)F)C1CCCCCC1. The van der Waals surface area contributed by atoms with E-state index >= 15 is 0 Å². The van der Waals surface area contributed by atoms with Crippen molar-refractivity contribution >= 4 is 5.69 Å². The molecular weight excluding hydrogens is 277 g/mol. The minimum Gasteiger partial charge on any atom is -0.371 e. The van der Waals surface area contributed by atoms with Gasteiger partial charge in [0.15, 0.2) is 0 Å². The number of hydrogen-bond acceptors (Lipinski definition) is 2. The molecule has 0 amide bonds. The number of alkyl halides is 3. The molecule has 0 aliphatic heterocycles. The number of halogens is 3.